The van der Waals surface area contributed by atoms with Gasteiger partial charge in [0.15, 0.2) is 6.29 Å². The predicted molar refractivity (Wildman–Crippen MR) is 76.0 cm³/mol. The average Bonchev–Trinajstić information content (AvgIpc) is 2.52. The van der Waals surface area contributed by atoms with Crippen molar-refractivity contribution in [2.75, 3.05) is 19.8 Å². The molecule has 4 heteroatoms. The van der Waals surface area contributed by atoms with E-state index in [2.05, 4.69) is 6.92 Å². The highest BCUT2D eigenvalue weighted by Crippen LogP contribution is 2.24. The van der Waals surface area contributed by atoms with Crippen molar-refractivity contribution in [3.05, 3.63) is 29.8 Å². The van der Waals surface area contributed by atoms with Crippen LogP contribution in [-0.4, -0.2) is 32.4 Å². The number of carbonyl (C=O) groups excluding carboxylic acids is 1. The van der Waals surface area contributed by atoms with Crippen molar-refractivity contribution < 1.29 is 19.0 Å². The normalized spacial score (nSPS) is 22.4. The van der Waals surface area contributed by atoms with Crippen LogP contribution in [0.4, 0.5) is 0 Å². The van der Waals surface area contributed by atoms with Crippen LogP contribution in [0.5, 0.6) is 5.75 Å². The molecule has 1 aromatic carbocycles. The highest BCUT2D eigenvalue weighted by Gasteiger charge is 2.22. The third-order valence-electron chi connectivity index (χ3n) is 3.40. The van der Waals surface area contributed by atoms with Crippen LogP contribution in [0.15, 0.2) is 24.3 Å². The molecule has 1 heterocycles. The molecular weight excluding hydrogens is 256 g/mol. The van der Waals surface area contributed by atoms with Gasteiger partial charge in [-0.2, -0.15) is 0 Å². The van der Waals surface area contributed by atoms with Crippen molar-refractivity contribution in [1.29, 1.82) is 0 Å². The van der Waals surface area contributed by atoms with E-state index < -0.39 is 6.29 Å². The third-order valence-corrected chi connectivity index (χ3v) is 3.40. The second kappa shape index (κ2) is 8.02. The summed E-state index contributed by atoms with van der Waals surface area (Å²) in [6.45, 7) is 3.97. The Bertz CT molecular complexity index is 393. The highest BCUT2D eigenvalue weighted by atomic mass is 16.7. The number of ether oxygens (including phenoxy) is 3. The average molecular weight is 278 g/mol. The Morgan fingerprint density at radius 1 is 1.20 bits per heavy atom. The van der Waals surface area contributed by atoms with Gasteiger partial charge >= 0.3 is 0 Å². The molecule has 4 nitrogen and oxygen atoms in total. The standard InChI is InChI=1S/C16H22O4/c1-2-3-4-9-18-15-7-5-13(6-8-15)14-11-19-16(10-17)20-12-14/h5-8,10,14,16H,2-4,9,11-12H2,1H3. The van der Waals surface area contributed by atoms with Crippen molar-refractivity contribution in [3.63, 3.8) is 0 Å². The zero-order chi connectivity index (χ0) is 14.2. The summed E-state index contributed by atoms with van der Waals surface area (Å²) in [6.07, 6.45) is 3.48. The second-order valence-corrected chi connectivity index (χ2v) is 4.99. The van der Waals surface area contributed by atoms with E-state index in [4.69, 9.17) is 14.2 Å². The molecule has 0 N–H and O–H groups in total. The van der Waals surface area contributed by atoms with E-state index in [0.29, 0.717) is 19.5 Å². The minimum atomic E-state index is -0.701. The molecule has 1 aliphatic heterocycles. The van der Waals surface area contributed by atoms with Crippen molar-refractivity contribution in [2.24, 2.45) is 0 Å². The fourth-order valence-electron chi connectivity index (χ4n) is 2.17. The van der Waals surface area contributed by atoms with Gasteiger partial charge in [-0.25, -0.2) is 0 Å². The molecule has 1 aliphatic rings. The Hall–Kier alpha value is -1.39. The molecule has 0 radical (unpaired) electrons. The van der Waals surface area contributed by atoms with Gasteiger partial charge in [0, 0.05) is 5.92 Å². The molecule has 0 bridgehead atoms. The Balaban J connectivity index is 1.81. The van der Waals surface area contributed by atoms with Crippen LogP contribution in [0.3, 0.4) is 0 Å². The largest absolute Gasteiger partial charge is 0.494 e. The second-order valence-electron chi connectivity index (χ2n) is 4.99. The summed E-state index contributed by atoms with van der Waals surface area (Å²) in [5.41, 5.74) is 1.15. The lowest BCUT2D eigenvalue weighted by Gasteiger charge is -2.26. The van der Waals surface area contributed by atoms with E-state index in [9.17, 15) is 4.79 Å². The summed E-state index contributed by atoms with van der Waals surface area (Å²) in [5, 5.41) is 0. The number of carbonyl (C=O) groups is 1. The number of unbranched alkanes of at least 4 members (excludes halogenated alkanes) is 2. The van der Waals surface area contributed by atoms with Crippen LogP contribution >= 0.6 is 0 Å². The van der Waals surface area contributed by atoms with E-state index >= 15 is 0 Å². The molecule has 0 unspecified atom stereocenters. The van der Waals surface area contributed by atoms with Crippen molar-refractivity contribution in [2.45, 2.75) is 38.4 Å². The van der Waals surface area contributed by atoms with Crippen LogP contribution in [0, 0.1) is 0 Å². The lowest BCUT2D eigenvalue weighted by molar-refractivity contribution is -0.183. The van der Waals surface area contributed by atoms with Gasteiger partial charge in [-0.15, -0.1) is 0 Å². The van der Waals surface area contributed by atoms with Gasteiger partial charge in [0.25, 0.3) is 0 Å². The molecule has 1 fully saturated rings. The molecule has 0 aromatic heterocycles. The minimum Gasteiger partial charge on any atom is -0.494 e. The molecule has 110 valence electrons. The van der Waals surface area contributed by atoms with E-state index in [1.165, 1.54) is 12.8 Å². The summed E-state index contributed by atoms with van der Waals surface area (Å²) in [4.78, 5) is 10.5. The third kappa shape index (κ3) is 4.32. The van der Waals surface area contributed by atoms with Gasteiger partial charge < -0.3 is 14.2 Å². The molecule has 1 aromatic rings. The van der Waals surface area contributed by atoms with Crippen molar-refractivity contribution in [3.8, 4) is 5.75 Å². The molecule has 0 spiro atoms. The van der Waals surface area contributed by atoms with E-state index in [1.54, 1.807) is 0 Å². The summed E-state index contributed by atoms with van der Waals surface area (Å²) < 4.78 is 16.3. The summed E-state index contributed by atoms with van der Waals surface area (Å²) >= 11 is 0. The van der Waals surface area contributed by atoms with Gasteiger partial charge in [-0.1, -0.05) is 31.9 Å². The Labute approximate surface area is 120 Å². The summed E-state index contributed by atoms with van der Waals surface area (Å²) in [6, 6.07) is 8.03. The Morgan fingerprint density at radius 3 is 2.50 bits per heavy atom. The van der Waals surface area contributed by atoms with E-state index in [1.807, 2.05) is 24.3 Å². The highest BCUT2D eigenvalue weighted by molar-refractivity contribution is 5.54. The van der Waals surface area contributed by atoms with Crippen LogP contribution in [0.2, 0.25) is 0 Å². The SMILES string of the molecule is CCCCCOc1ccc(C2COC(C=O)OC2)cc1. The van der Waals surface area contributed by atoms with E-state index in [0.717, 1.165) is 24.3 Å². The Morgan fingerprint density at radius 2 is 1.90 bits per heavy atom. The molecule has 0 saturated carbocycles. The first kappa shape index (κ1) is 15.0. The summed E-state index contributed by atoms with van der Waals surface area (Å²) in [7, 11) is 0. The fraction of sp³-hybridized carbons (Fsp3) is 0.562. The van der Waals surface area contributed by atoms with Crippen LogP contribution in [0.1, 0.15) is 37.7 Å². The quantitative estimate of drug-likeness (QED) is 0.568. The van der Waals surface area contributed by atoms with Crippen LogP contribution < -0.4 is 4.74 Å². The number of hydrogen-bond acceptors (Lipinski definition) is 4. The lowest BCUT2D eigenvalue weighted by Crippen LogP contribution is -2.31. The van der Waals surface area contributed by atoms with Gasteiger partial charge in [-0.05, 0) is 24.1 Å². The first-order chi connectivity index (χ1) is 9.83. The van der Waals surface area contributed by atoms with E-state index in [-0.39, 0.29) is 5.92 Å². The van der Waals surface area contributed by atoms with Crippen LogP contribution in [0.25, 0.3) is 0 Å². The molecule has 2 rings (SSSR count). The maximum atomic E-state index is 10.5. The Kier molecular flexibility index (Phi) is 6.02. The zero-order valence-corrected chi connectivity index (χ0v) is 11.9. The fourth-order valence-corrected chi connectivity index (χ4v) is 2.17. The van der Waals surface area contributed by atoms with Crippen molar-refractivity contribution in [1.82, 2.24) is 0 Å². The first-order valence-corrected chi connectivity index (χ1v) is 7.24. The maximum absolute atomic E-state index is 10.5. The molecule has 1 saturated heterocycles. The minimum absolute atomic E-state index is 0.181. The number of benzene rings is 1. The van der Waals surface area contributed by atoms with Gasteiger partial charge in [0.2, 0.25) is 6.29 Å². The molecule has 0 amide bonds. The molecular formula is C16H22O4. The van der Waals surface area contributed by atoms with Crippen LogP contribution in [-0.2, 0) is 14.3 Å². The topological polar surface area (TPSA) is 44.8 Å². The van der Waals surface area contributed by atoms with Gasteiger partial charge in [0.05, 0.1) is 19.8 Å². The number of aldehydes is 1. The summed E-state index contributed by atoms with van der Waals surface area (Å²) in [5.74, 6) is 1.08. The molecule has 20 heavy (non-hydrogen) atoms. The van der Waals surface area contributed by atoms with Crippen molar-refractivity contribution >= 4 is 6.29 Å². The maximum Gasteiger partial charge on any atom is 0.214 e. The number of hydrogen-bond donors (Lipinski definition) is 0. The first-order valence-electron chi connectivity index (χ1n) is 7.24. The zero-order valence-electron chi connectivity index (χ0n) is 11.9. The number of rotatable bonds is 7. The molecule has 0 atom stereocenters. The monoisotopic (exact) mass is 278 g/mol. The smallest absolute Gasteiger partial charge is 0.214 e. The van der Waals surface area contributed by atoms with Gasteiger partial charge in [-0.3, -0.25) is 4.79 Å². The lowest BCUT2D eigenvalue weighted by atomic mass is 10.0. The predicted octanol–water partition coefficient (Wildman–Crippen LogP) is 2.91. The molecule has 0 aliphatic carbocycles. The van der Waals surface area contributed by atoms with Gasteiger partial charge in [0.1, 0.15) is 5.75 Å².